The van der Waals surface area contributed by atoms with E-state index in [4.69, 9.17) is 0 Å². The van der Waals surface area contributed by atoms with Gasteiger partial charge in [-0.05, 0) is 36.4 Å². The molecule has 9 rings (SSSR count). The predicted molar refractivity (Wildman–Crippen MR) is 180 cm³/mol. The Morgan fingerprint density at radius 1 is 0.302 bits per heavy atom. The molecule has 6 aromatic rings. The first-order valence-corrected chi connectivity index (χ1v) is 19.3. The Morgan fingerprint density at radius 3 is 0.767 bits per heavy atom. The first kappa shape index (κ1) is 25.3. The second-order valence-corrected chi connectivity index (χ2v) is 19.2. The van der Waals surface area contributed by atoms with E-state index in [-0.39, 0.29) is 0 Å². The van der Waals surface area contributed by atoms with E-state index in [1.807, 2.05) is 146 Å². The highest BCUT2D eigenvalue weighted by atomic mass is 31.2. The van der Waals surface area contributed by atoms with Crippen LogP contribution in [0.3, 0.4) is 0 Å². The maximum atomic E-state index is 15.9. The molecular formula is C36H24NO3P3. The largest absolute Gasteiger partial charge is 0.308 e. The van der Waals surface area contributed by atoms with E-state index < -0.39 is 21.4 Å². The lowest BCUT2D eigenvalue weighted by molar-refractivity contribution is 0.592. The lowest BCUT2D eigenvalue weighted by Crippen LogP contribution is -2.52. The maximum absolute atomic E-state index is 15.9. The van der Waals surface area contributed by atoms with E-state index in [1.54, 1.807) is 0 Å². The molecule has 0 N–H and O–H groups in total. The number of para-hydroxylation sites is 3. The van der Waals surface area contributed by atoms with Gasteiger partial charge in [0.15, 0.2) is 21.4 Å². The van der Waals surface area contributed by atoms with Crippen LogP contribution in [-0.2, 0) is 13.7 Å². The van der Waals surface area contributed by atoms with Gasteiger partial charge in [0.05, 0.1) is 17.1 Å². The molecule has 206 valence electrons. The lowest BCUT2D eigenvalue weighted by atomic mass is 10.1. The van der Waals surface area contributed by atoms with Crippen molar-refractivity contribution in [1.29, 1.82) is 0 Å². The zero-order chi connectivity index (χ0) is 29.0. The summed E-state index contributed by atoms with van der Waals surface area (Å²) in [7, 11) is -10.4. The number of rotatable bonds is 3. The third-order valence-electron chi connectivity index (χ3n) is 9.05. The van der Waals surface area contributed by atoms with Crippen LogP contribution in [0.25, 0.3) is 0 Å². The van der Waals surface area contributed by atoms with E-state index in [9.17, 15) is 0 Å². The van der Waals surface area contributed by atoms with E-state index in [0.29, 0.717) is 64.8 Å². The fourth-order valence-electron chi connectivity index (χ4n) is 7.24. The summed E-state index contributed by atoms with van der Waals surface area (Å²) in [5, 5.41) is 6.06. The lowest BCUT2D eigenvalue weighted by Gasteiger charge is -2.49. The van der Waals surface area contributed by atoms with E-state index in [1.165, 1.54) is 0 Å². The van der Waals surface area contributed by atoms with Gasteiger partial charge in [-0.15, -0.1) is 0 Å². The third-order valence-corrected chi connectivity index (χ3v) is 18.4. The maximum Gasteiger partial charge on any atom is 0.175 e. The van der Waals surface area contributed by atoms with Crippen molar-refractivity contribution in [3.63, 3.8) is 0 Å². The van der Waals surface area contributed by atoms with Crippen LogP contribution in [0.2, 0.25) is 0 Å². The molecule has 0 saturated heterocycles. The highest BCUT2D eigenvalue weighted by Crippen LogP contribution is 2.64. The molecular weight excluding hydrogens is 587 g/mol. The molecule has 0 atom stereocenters. The van der Waals surface area contributed by atoms with Crippen LogP contribution in [0.1, 0.15) is 0 Å². The molecule has 43 heavy (non-hydrogen) atoms. The summed E-state index contributed by atoms with van der Waals surface area (Å²) < 4.78 is 47.7. The molecule has 3 aliphatic heterocycles. The minimum Gasteiger partial charge on any atom is -0.308 e. The number of hydrogen-bond acceptors (Lipinski definition) is 4. The highest BCUT2D eigenvalue weighted by Gasteiger charge is 2.55. The van der Waals surface area contributed by atoms with Gasteiger partial charge in [0.1, 0.15) is 0 Å². The summed E-state index contributed by atoms with van der Waals surface area (Å²) in [5.41, 5.74) is 2.09. The minimum atomic E-state index is -3.48. The molecule has 0 aliphatic carbocycles. The summed E-state index contributed by atoms with van der Waals surface area (Å²) in [6, 6.07) is 45.9. The van der Waals surface area contributed by atoms with Gasteiger partial charge in [-0.1, -0.05) is 109 Å². The third kappa shape index (κ3) is 2.97. The van der Waals surface area contributed by atoms with Crippen LogP contribution >= 0.6 is 21.4 Å². The Kier molecular flexibility index (Phi) is 5.11. The summed E-state index contributed by atoms with van der Waals surface area (Å²) in [6.45, 7) is 0. The molecule has 0 fully saturated rings. The van der Waals surface area contributed by atoms with Gasteiger partial charge in [-0.3, -0.25) is 0 Å². The zero-order valence-corrected chi connectivity index (χ0v) is 25.6. The first-order chi connectivity index (χ1) is 21.0. The molecule has 7 heteroatoms. The summed E-state index contributed by atoms with van der Waals surface area (Å²) in [4.78, 5) is 2.14. The average Bonchev–Trinajstić information content (AvgIpc) is 3.08. The van der Waals surface area contributed by atoms with Crippen LogP contribution in [0.15, 0.2) is 146 Å². The Labute approximate surface area is 249 Å². The second-order valence-electron chi connectivity index (χ2n) is 11.1. The quantitative estimate of drug-likeness (QED) is 0.264. The topological polar surface area (TPSA) is 54.5 Å². The van der Waals surface area contributed by atoms with Crippen molar-refractivity contribution in [3.8, 4) is 0 Å². The Balaban J connectivity index is 1.53. The summed E-state index contributed by atoms with van der Waals surface area (Å²) in [5.74, 6) is 0. The number of hydrogen-bond donors (Lipinski definition) is 0. The van der Waals surface area contributed by atoms with E-state index >= 15 is 13.7 Å². The SMILES string of the molecule is O=P1(c2ccccc2)c2cccc3c2N2c4c1cccc4P(=O)(c1ccccc1)c1cccc(c12)P3(=O)c1ccccc1. The summed E-state index contributed by atoms with van der Waals surface area (Å²) in [6.07, 6.45) is 0. The van der Waals surface area contributed by atoms with Gasteiger partial charge in [-0.25, -0.2) is 0 Å². The Bertz CT molecular complexity index is 1950. The van der Waals surface area contributed by atoms with Crippen molar-refractivity contribution in [2.75, 3.05) is 4.90 Å². The zero-order valence-electron chi connectivity index (χ0n) is 22.9. The molecule has 0 spiro atoms. The van der Waals surface area contributed by atoms with E-state index in [0.717, 1.165) is 0 Å². The standard InChI is InChI=1S/C36H24NO3P3/c38-41(25-13-4-1-5-14-25)28-19-10-21-30-34(28)37-35-29(41)20-11-22-31(35)43(40,27-17-8-3-9-18-27)33-24-12-23-32(36(33)37)42(30,39)26-15-6-2-7-16-26/h1-24H. The first-order valence-electron chi connectivity index (χ1n) is 14.2. The smallest absolute Gasteiger partial charge is 0.175 e. The normalized spacial score (nSPS) is 23.9. The molecule has 0 saturated carbocycles. The average molecular weight is 612 g/mol. The molecule has 4 nitrogen and oxygen atoms in total. The van der Waals surface area contributed by atoms with Gasteiger partial charge in [0.2, 0.25) is 0 Å². The Morgan fingerprint density at radius 2 is 0.535 bits per heavy atom. The molecule has 0 unspecified atom stereocenters. The molecule has 3 aliphatic rings. The number of benzene rings is 6. The van der Waals surface area contributed by atoms with Gasteiger partial charge in [-0.2, -0.15) is 0 Å². The van der Waals surface area contributed by atoms with Crippen molar-refractivity contribution in [2.24, 2.45) is 0 Å². The van der Waals surface area contributed by atoms with Gasteiger partial charge in [0.25, 0.3) is 0 Å². The van der Waals surface area contributed by atoms with Crippen molar-refractivity contribution in [2.45, 2.75) is 0 Å². The fourth-order valence-corrected chi connectivity index (χ4v) is 16.6. The van der Waals surface area contributed by atoms with Crippen LogP contribution in [-0.4, -0.2) is 0 Å². The molecule has 6 aromatic carbocycles. The number of anilines is 3. The van der Waals surface area contributed by atoms with Crippen molar-refractivity contribution < 1.29 is 13.7 Å². The monoisotopic (exact) mass is 611 g/mol. The molecule has 3 heterocycles. The molecule has 0 amide bonds. The second kappa shape index (κ2) is 8.68. The van der Waals surface area contributed by atoms with Crippen LogP contribution < -0.4 is 52.6 Å². The van der Waals surface area contributed by atoms with Gasteiger partial charge >= 0.3 is 0 Å². The van der Waals surface area contributed by atoms with Crippen molar-refractivity contribution >= 4 is 86.2 Å². The van der Waals surface area contributed by atoms with Gasteiger partial charge < -0.3 is 18.6 Å². The highest BCUT2D eigenvalue weighted by molar-refractivity contribution is 7.89. The predicted octanol–water partition coefficient (Wildman–Crippen LogP) is 5.01. The molecule has 0 bridgehead atoms. The van der Waals surface area contributed by atoms with E-state index in [2.05, 4.69) is 4.90 Å². The minimum absolute atomic E-state index is 0.661. The van der Waals surface area contributed by atoms with Gasteiger partial charge in [0, 0.05) is 47.7 Å². The van der Waals surface area contributed by atoms with Crippen molar-refractivity contribution in [1.82, 2.24) is 0 Å². The van der Waals surface area contributed by atoms with Crippen LogP contribution in [0, 0.1) is 0 Å². The van der Waals surface area contributed by atoms with Crippen LogP contribution in [0.4, 0.5) is 17.1 Å². The summed E-state index contributed by atoms with van der Waals surface area (Å²) >= 11 is 0. The number of nitrogens with zero attached hydrogens (tertiary/aromatic N) is 1. The Hall–Kier alpha value is -4.19. The molecule has 0 radical (unpaired) electrons. The van der Waals surface area contributed by atoms with Crippen molar-refractivity contribution in [3.05, 3.63) is 146 Å². The molecule has 0 aromatic heterocycles. The fraction of sp³-hybridized carbons (Fsp3) is 0. The van der Waals surface area contributed by atoms with Crippen LogP contribution in [0.5, 0.6) is 0 Å².